The lowest BCUT2D eigenvalue weighted by molar-refractivity contribution is 0.0695. The predicted molar refractivity (Wildman–Crippen MR) is 118 cm³/mol. The highest BCUT2D eigenvalue weighted by molar-refractivity contribution is 4.87. The molecule has 3 aliphatic carbocycles. The number of rotatable bonds is 2. The lowest BCUT2D eigenvalue weighted by Gasteiger charge is -2.43. The molecular formula is C24H52O2. The Kier molecular flexibility index (Phi) is 13.1. The second kappa shape index (κ2) is 13.2. The molecule has 0 aromatic rings. The number of hydrogen-bond acceptors (Lipinski definition) is 0. The van der Waals surface area contributed by atoms with Crippen LogP contribution in [-0.2, 0) is 0 Å². The average molecular weight is 373 g/mol. The first kappa shape index (κ1) is 25.9. The van der Waals surface area contributed by atoms with Gasteiger partial charge in [-0.25, -0.2) is 0 Å². The summed E-state index contributed by atoms with van der Waals surface area (Å²) in [5, 5.41) is 0. The molecule has 0 saturated heterocycles. The second-order valence-corrected chi connectivity index (χ2v) is 9.47. The van der Waals surface area contributed by atoms with Gasteiger partial charge in [-0.15, -0.1) is 0 Å². The van der Waals surface area contributed by atoms with Crippen molar-refractivity contribution >= 4 is 0 Å². The quantitative estimate of drug-likeness (QED) is 0.484. The largest absolute Gasteiger partial charge is 0.412 e. The van der Waals surface area contributed by atoms with Crippen LogP contribution in [0.5, 0.6) is 0 Å². The van der Waals surface area contributed by atoms with Gasteiger partial charge in [-0.1, -0.05) is 73.1 Å². The normalized spacial score (nSPS) is 38.7. The van der Waals surface area contributed by atoms with E-state index in [9.17, 15) is 0 Å². The maximum Gasteiger partial charge on any atom is 0 e. The molecule has 0 bridgehead atoms. The number of hydrogen-bond donors (Lipinski definition) is 0. The van der Waals surface area contributed by atoms with E-state index in [1.165, 1.54) is 38.5 Å². The Hall–Kier alpha value is -0.0800. The van der Waals surface area contributed by atoms with Gasteiger partial charge in [0.25, 0.3) is 0 Å². The molecule has 26 heavy (non-hydrogen) atoms. The van der Waals surface area contributed by atoms with Gasteiger partial charge in [0, 0.05) is 1.43 Å². The highest BCUT2D eigenvalue weighted by Crippen LogP contribution is 2.47. The molecule has 0 aromatic carbocycles. The van der Waals surface area contributed by atoms with Gasteiger partial charge < -0.3 is 11.0 Å². The summed E-state index contributed by atoms with van der Waals surface area (Å²) in [5.41, 5.74) is 0. The monoisotopic (exact) mass is 372 g/mol. The Morgan fingerprint density at radius 2 is 0.846 bits per heavy atom. The van der Waals surface area contributed by atoms with Crippen molar-refractivity contribution in [1.29, 1.82) is 0 Å². The second-order valence-electron chi connectivity index (χ2n) is 9.47. The van der Waals surface area contributed by atoms with Crippen LogP contribution in [0, 0.1) is 41.4 Å². The third-order valence-electron chi connectivity index (χ3n) is 8.19. The summed E-state index contributed by atoms with van der Waals surface area (Å²) in [6.07, 6.45) is 18.6. The van der Waals surface area contributed by atoms with Crippen LogP contribution in [0.15, 0.2) is 0 Å². The van der Waals surface area contributed by atoms with E-state index < -0.39 is 0 Å². The molecule has 4 N–H and O–H groups in total. The molecule has 2 atom stereocenters. The fourth-order valence-corrected chi connectivity index (χ4v) is 6.30. The van der Waals surface area contributed by atoms with Gasteiger partial charge in [-0.2, -0.15) is 0 Å². The van der Waals surface area contributed by atoms with E-state index in [2.05, 4.69) is 20.8 Å². The summed E-state index contributed by atoms with van der Waals surface area (Å²) in [7, 11) is 0. The van der Waals surface area contributed by atoms with Crippen molar-refractivity contribution in [3.8, 4) is 0 Å². The van der Waals surface area contributed by atoms with Crippen LogP contribution in [0.25, 0.3) is 0 Å². The summed E-state index contributed by atoms with van der Waals surface area (Å²) in [4.78, 5) is 0. The highest BCUT2D eigenvalue weighted by Gasteiger charge is 2.36. The Morgan fingerprint density at radius 1 is 0.500 bits per heavy atom. The van der Waals surface area contributed by atoms with Gasteiger partial charge in [0.05, 0.1) is 0 Å². The maximum atomic E-state index is 2.52. The summed E-state index contributed by atoms with van der Waals surface area (Å²) >= 11 is 0. The molecule has 0 aliphatic heterocycles. The molecule has 3 fully saturated rings. The van der Waals surface area contributed by atoms with Crippen LogP contribution in [-0.4, -0.2) is 11.0 Å². The lowest BCUT2D eigenvalue weighted by atomic mass is 9.62. The smallest absolute Gasteiger partial charge is 0 e. The van der Waals surface area contributed by atoms with Crippen LogP contribution in [0.2, 0.25) is 0 Å². The van der Waals surface area contributed by atoms with E-state index in [0.717, 1.165) is 41.4 Å². The zero-order valence-corrected chi connectivity index (χ0v) is 18.5. The molecule has 0 heterocycles. The van der Waals surface area contributed by atoms with Gasteiger partial charge in [0.1, 0.15) is 0 Å². The molecule has 0 aromatic heterocycles. The van der Waals surface area contributed by atoms with Crippen molar-refractivity contribution in [3.05, 3.63) is 0 Å². The molecule has 3 rings (SSSR count). The van der Waals surface area contributed by atoms with Crippen LogP contribution in [0.4, 0.5) is 0 Å². The van der Waals surface area contributed by atoms with Gasteiger partial charge >= 0.3 is 0 Å². The van der Waals surface area contributed by atoms with E-state index in [4.69, 9.17) is 0 Å². The highest BCUT2D eigenvalue weighted by atomic mass is 16.0. The van der Waals surface area contributed by atoms with Crippen LogP contribution < -0.4 is 0 Å². The Morgan fingerprint density at radius 3 is 1.27 bits per heavy atom. The summed E-state index contributed by atoms with van der Waals surface area (Å²) < 4.78 is 0. The third-order valence-corrected chi connectivity index (χ3v) is 8.19. The van der Waals surface area contributed by atoms with Crippen molar-refractivity contribution in [2.24, 2.45) is 41.4 Å². The standard InChI is InChI=1S/C22H40.C2H6.2H2O.H2/c1-16-14-22(15-17(2)18(16)3)21-12-10-20(11-13-21)19-8-6-4-5-7-9-19;1-2;;;/h16-22H,4-15H2,1-3H3;1-2H3;2*1H2;1H. The molecule has 0 spiro atoms. The van der Waals surface area contributed by atoms with Gasteiger partial charge in [-0.05, 0) is 80.0 Å². The van der Waals surface area contributed by atoms with E-state index in [0.29, 0.717) is 0 Å². The van der Waals surface area contributed by atoms with Crippen molar-refractivity contribution < 1.29 is 12.4 Å². The molecule has 2 unspecified atom stereocenters. The van der Waals surface area contributed by atoms with E-state index in [1.54, 1.807) is 38.5 Å². The van der Waals surface area contributed by atoms with Gasteiger partial charge in [0.15, 0.2) is 0 Å². The zero-order valence-electron chi connectivity index (χ0n) is 18.5. The fourth-order valence-electron chi connectivity index (χ4n) is 6.30. The van der Waals surface area contributed by atoms with Crippen LogP contribution in [0.3, 0.4) is 0 Å². The third kappa shape index (κ3) is 6.82. The van der Waals surface area contributed by atoms with Crippen molar-refractivity contribution in [2.75, 3.05) is 0 Å². The minimum atomic E-state index is 0. The molecule has 2 heteroatoms. The Balaban J connectivity index is 0. The first-order chi connectivity index (χ1) is 11.6. The van der Waals surface area contributed by atoms with Crippen LogP contribution in [0.1, 0.15) is 113 Å². The molecule has 160 valence electrons. The predicted octanol–water partition coefficient (Wildman–Crippen LogP) is 6.70. The van der Waals surface area contributed by atoms with Gasteiger partial charge in [0.2, 0.25) is 0 Å². The Bertz CT molecular complexity index is 321. The SMILES string of the molecule is CC.CC1CC(C2CCC(C3CCCCCC3)CC2)CC(C)C1C.O.O.[HH]. The molecular weight excluding hydrogens is 320 g/mol. The minimum absolute atomic E-state index is 0. The molecule has 3 saturated carbocycles. The summed E-state index contributed by atoms with van der Waals surface area (Å²) in [6, 6.07) is 0. The maximum absolute atomic E-state index is 2.52. The van der Waals surface area contributed by atoms with Gasteiger partial charge in [-0.3, -0.25) is 0 Å². The lowest BCUT2D eigenvalue weighted by Crippen LogP contribution is -2.34. The molecule has 3 aliphatic rings. The summed E-state index contributed by atoms with van der Waals surface area (Å²) in [5.74, 6) is 7.25. The molecule has 2 nitrogen and oxygen atoms in total. The van der Waals surface area contributed by atoms with E-state index in [-0.39, 0.29) is 12.4 Å². The van der Waals surface area contributed by atoms with Crippen molar-refractivity contribution in [3.63, 3.8) is 0 Å². The zero-order chi connectivity index (χ0) is 17.5. The molecule has 0 amide bonds. The van der Waals surface area contributed by atoms with Crippen molar-refractivity contribution in [1.82, 2.24) is 0 Å². The topological polar surface area (TPSA) is 63.0 Å². The van der Waals surface area contributed by atoms with E-state index >= 15 is 0 Å². The molecule has 0 radical (unpaired) electrons. The Labute approximate surface area is 166 Å². The fraction of sp³-hybridized carbons (Fsp3) is 1.00. The van der Waals surface area contributed by atoms with Crippen LogP contribution >= 0.6 is 0 Å². The minimum Gasteiger partial charge on any atom is -0.412 e. The summed E-state index contributed by atoms with van der Waals surface area (Å²) in [6.45, 7) is 11.5. The average Bonchev–Trinajstić information content (AvgIpc) is 2.90. The van der Waals surface area contributed by atoms with E-state index in [1.807, 2.05) is 13.8 Å². The van der Waals surface area contributed by atoms with Crippen molar-refractivity contribution in [2.45, 2.75) is 112 Å². The first-order valence-electron chi connectivity index (χ1n) is 11.6. The first-order valence-corrected chi connectivity index (χ1v) is 11.6.